The van der Waals surface area contributed by atoms with Gasteiger partial charge in [-0.1, -0.05) is 6.07 Å². The summed E-state index contributed by atoms with van der Waals surface area (Å²) in [5.74, 6) is -0.271. The van der Waals surface area contributed by atoms with E-state index in [9.17, 15) is 18.0 Å². The summed E-state index contributed by atoms with van der Waals surface area (Å²) in [6.45, 7) is 0.445. The fourth-order valence-corrected chi connectivity index (χ4v) is 2.04. The van der Waals surface area contributed by atoms with E-state index in [1.165, 1.54) is 22.2 Å². The summed E-state index contributed by atoms with van der Waals surface area (Å²) < 4.78 is 37.9. The number of hydrogen-bond donors (Lipinski definition) is 1. The van der Waals surface area contributed by atoms with Crippen LogP contribution in [0.4, 0.5) is 18.9 Å². The number of benzene rings is 1. The van der Waals surface area contributed by atoms with Crippen molar-refractivity contribution in [3.8, 4) is 0 Å². The van der Waals surface area contributed by atoms with Gasteiger partial charge in [-0.05, 0) is 18.2 Å². The Morgan fingerprint density at radius 2 is 2.05 bits per heavy atom. The Kier molecular flexibility index (Phi) is 3.77. The molecule has 0 aliphatic carbocycles. The van der Waals surface area contributed by atoms with E-state index in [1.807, 2.05) is 0 Å². The maximum Gasteiger partial charge on any atom is 0.416 e. The highest BCUT2D eigenvalue weighted by Gasteiger charge is 2.34. The van der Waals surface area contributed by atoms with Crippen molar-refractivity contribution >= 4 is 11.6 Å². The van der Waals surface area contributed by atoms with Gasteiger partial charge < -0.3 is 5.11 Å². The molecule has 0 atom stereocenters. The summed E-state index contributed by atoms with van der Waals surface area (Å²) in [5.41, 5.74) is -0.626. The van der Waals surface area contributed by atoms with Crippen molar-refractivity contribution in [2.75, 3.05) is 24.7 Å². The first-order valence-electron chi connectivity index (χ1n) is 5.79. The third-order valence-electron chi connectivity index (χ3n) is 2.88. The Bertz CT molecular complexity index is 476. The van der Waals surface area contributed by atoms with Crippen LogP contribution in [0.2, 0.25) is 0 Å². The largest absolute Gasteiger partial charge is 0.416 e. The molecule has 0 aromatic heterocycles. The molecule has 0 saturated carbocycles. The number of alkyl halides is 3. The minimum Gasteiger partial charge on any atom is -0.395 e. The quantitative estimate of drug-likeness (QED) is 0.911. The maximum absolute atomic E-state index is 12.6. The van der Waals surface area contributed by atoms with Crippen molar-refractivity contribution in [2.24, 2.45) is 0 Å². The molecular weight excluding hydrogens is 261 g/mol. The van der Waals surface area contributed by atoms with E-state index < -0.39 is 11.7 Å². The Hall–Kier alpha value is -1.60. The Morgan fingerprint density at radius 3 is 2.68 bits per heavy atom. The van der Waals surface area contributed by atoms with E-state index in [-0.39, 0.29) is 31.2 Å². The molecule has 1 aliphatic rings. The summed E-state index contributed by atoms with van der Waals surface area (Å²) in [6, 6.07) is 4.61. The first kappa shape index (κ1) is 13.8. The van der Waals surface area contributed by atoms with Gasteiger partial charge >= 0.3 is 6.18 Å². The van der Waals surface area contributed by atoms with Crippen LogP contribution in [-0.2, 0) is 11.0 Å². The van der Waals surface area contributed by atoms with Crippen LogP contribution in [-0.4, -0.2) is 35.7 Å². The predicted molar refractivity (Wildman–Crippen MR) is 62.2 cm³/mol. The number of rotatable bonds is 3. The van der Waals surface area contributed by atoms with Gasteiger partial charge in [0, 0.05) is 19.5 Å². The van der Waals surface area contributed by atoms with Gasteiger partial charge in [-0.2, -0.15) is 13.2 Å². The zero-order chi connectivity index (χ0) is 14.0. The number of nitrogens with zero attached hydrogens (tertiary/aromatic N) is 2. The van der Waals surface area contributed by atoms with E-state index in [2.05, 4.69) is 0 Å². The second-order valence-corrected chi connectivity index (χ2v) is 4.18. The molecule has 0 radical (unpaired) electrons. The number of β-amino-alcohol motifs (C(OH)–C–C–N with tert-alkyl or cyclic N) is 1. The van der Waals surface area contributed by atoms with Gasteiger partial charge in [0.25, 0.3) is 0 Å². The Balaban J connectivity index is 2.32. The number of aliphatic hydroxyl groups excluding tert-OH is 1. The third-order valence-corrected chi connectivity index (χ3v) is 2.88. The minimum absolute atomic E-state index is 0.164. The number of hydrazine groups is 1. The molecule has 1 fully saturated rings. The fourth-order valence-electron chi connectivity index (χ4n) is 2.04. The number of aliphatic hydroxyl groups is 1. The van der Waals surface area contributed by atoms with Crippen LogP contribution < -0.4 is 5.01 Å². The van der Waals surface area contributed by atoms with Crippen molar-refractivity contribution in [3.05, 3.63) is 29.8 Å². The van der Waals surface area contributed by atoms with Gasteiger partial charge in [0.2, 0.25) is 5.91 Å². The third kappa shape index (κ3) is 2.87. The van der Waals surface area contributed by atoms with Crippen LogP contribution in [0.1, 0.15) is 12.0 Å². The van der Waals surface area contributed by atoms with E-state index in [0.29, 0.717) is 6.54 Å². The lowest BCUT2D eigenvalue weighted by Crippen LogP contribution is -2.40. The van der Waals surface area contributed by atoms with Crippen LogP contribution in [0.3, 0.4) is 0 Å². The van der Waals surface area contributed by atoms with Crippen LogP contribution in [0.5, 0.6) is 0 Å². The minimum atomic E-state index is -4.44. The molecule has 104 valence electrons. The molecule has 1 aliphatic heterocycles. The molecular formula is C12H13F3N2O2. The number of carbonyl (C=O) groups excluding carboxylic acids is 1. The summed E-state index contributed by atoms with van der Waals surface area (Å²) in [7, 11) is 0. The Labute approximate surface area is 108 Å². The van der Waals surface area contributed by atoms with Gasteiger partial charge in [0.05, 0.1) is 17.9 Å². The van der Waals surface area contributed by atoms with E-state index in [4.69, 9.17) is 5.11 Å². The fraction of sp³-hybridized carbons (Fsp3) is 0.417. The summed E-state index contributed by atoms with van der Waals surface area (Å²) >= 11 is 0. The molecule has 1 aromatic rings. The first-order chi connectivity index (χ1) is 8.93. The standard InChI is InChI=1S/C12H13F3N2O2/c13-12(14,15)9-2-1-3-10(8-9)17-11(19)4-5-16(17)6-7-18/h1-3,8,18H,4-7H2. The van der Waals surface area contributed by atoms with Gasteiger partial charge in [-0.25, -0.2) is 10.0 Å². The molecule has 0 spiro atoms. The highest BCUT2D eigenvalue weighted by atomic mass is 19.4. The molecule has 1 N–H and O–H groups in total. The second-order valence-electron chi connectivity index (χ2n) is 4.18. The molecule has 1 aromatic carbocycles. The van der Waals surface area contributed by atoms with Crippen molar-refractivity contribution < 1.29 is 23.1 Å². The lowest BCUT2D eigenvalue weighted by molar-refractivity contribution is -0.137. The van der Waals surface area contributed by atoms with Crippen molar-refractivity contribution in [1.82, 2.24) is 5.01 Å². The van der Waals surface area contributed by atoms with Crippen molar-refractivity contribution in [3.63, 3.8) is 0 Å². The summed E-state index contributed by atoms with van der Waals surface area (Å²) in [6.07, 6.45) is -4.21. The summed E-state index contributed by atoms with van der Waals surface area (Å²) in [4.78, 5) is 11.7. The van der Waals surface area contributed by atoms with E-state index in [1.54, 1.807) is 0 Å². The molecule has 0 bridgehead atoms. The molecule has 1 amide bonds. The van der Waals surface area contributed by atoms with Crippen LogP contribution in [0.15, 0.2) is 24.3 Å². The normalized spacial score (nSPS) is 17.3. The van der Waals surface area contributed by atoms with Crippen LogP contribution in [0, 0.1) is 0 Å². The zero-order valence-corrected chi connectivity index (χ0v) is 10.0. The zero-order valence-electron chi connectivity index (χ0n) is 10.0. The number of carbonyl (C=O) groups is 1. The lowest BCUT2D eigenvalue weighted by Gasteiger charge is -2.27. The molecule has 1 saturated heterocycles. The smallest absolute Gasteiger partial charge is 0.395 e. The summed E-state index contributed by atoms with van der Waals surface area (Å²) in [5, 5.41) is 11.6. The first-order valence-corrected chi connectivity index (χ1v) is 5.79. The molecule has 19 heavy (non-hydrogen) atoms. The second kappa shape index (κ2) is 5.18. The van der Waals surface area contributed by atoms with Crippen LogP contribution in [0.25, 0.3) is 0 Å². The molecule has 2 rings (SSSR count). The van der Waals surface area contributed by atoms with Gasteiger partial charge in [0.1, 0.15) is 0 Å². The van der Waals surface area contributed by atoms with Gasteiger partial charge in [0.15, 0.2) is 0 Å². The SMILES string of the molecule is O=C1CCN(CCO)N1c1cccc(C(F)(F)F)c1. The van der Waals surface area contributed by atoms with Crippen molar-refractivity contribution in [1.29, 1.82) is 0 Å². The highest BCUT2D eigenvalue weighted by molar-refractivity contribution is 5.94. The predicted octanol–water partition coefficient (Wildman–Crippen LogP) is 1.65. The van der Waals surface area contributed by atoms with Crippen molar-refractivity contribution in [2.45, 2.75) is 12.6 Å². The van der Waals surface area contributed by atoms with E-state index >= 15 is 0 Å². The molecule has 7 heteroatoms. The number of anilines is 1. The Morgan fingerprint density at radius 1 is 1.32 bits per heavy atom. The number of amides is 1. The van der Waals surface area contributed by atoms with Gasteiger partial charge in [-0.3, -0.25) is 4.79 Å². The average Bonchev–Trinajstić information content (AvgIpc) is 2.70. The molecule has 1 heterocycles. The molecule has 4 nitrogen and oxygen atoms in total. The average molecular weight is 274 g/mol. The lowest BCUT2D eigenvalue weighted by atomic mass is 10.2. The monoisotopic (exact) mass is 274 g/mol. The highest BCUT2D eigenvalue weighted by Crippen LogP contribution is 2.32. The molecule has 0 unspecified atom stereocenters. The topological polar surface area (TPSA) is 43.8 Å². The van der Waals surface area contributed by atoms with Gasteiger partial charge in [-0.15, -0.1) is 0 Å². The number of halogens is 3. The maximum atomic E-state index is 12.6. The van der Waals surface area contributed by atoms with E-state index in [0.717, 1.165) is 12.1 Å². The number of hydrogen-bond acceptors (Lipinski definition) is 3. The van der Waals surface area contributed by atoms with Crippen LogP contribution >= 0.6 is 0 Å².